The standard InChI is InChI=1S/C26H24F4N6O2/c1-36-22-5-3-17(38-18-8-11-32-23(14-18)35-24(37)15-6-9-31-10-7-15)13-21(22)34-25(36)33-20-12-16(26(28,29)30)2-4-19(20)27/h2-5,8,11-15,31H,6-7,9-10H2,1H3,(H,33,34)(H,32,35,37). The molecule has 2 aromatic carbocycles. The third-order valence-corrected chi connectivity index (χ3v) is 6.32. The van der Waals surface area contributed by atoms with E-state index < -0.39 is 17.6 Å². The lowest BCUT2D eigenvalue weighted by Gasteiger charge is -2.21. The van der Waals surface area contributed by atoms with Crippen molar-refractivity contribution < 1.29 is 27.1 Å². The van der Waals surface area contributed by atoms with E-state index in [-0.39, 0.29) is 23.5 Å². The normalized spacial score (nSPS) is 14.4. The van der Waals surface area contributed by atoms with E-state index in [1.54, 1.807) is 41.9 Å². The Bertz CT molecular complexity index is 1480. The summed E-state index contributed by atoms with van der Waals surface area (Å²) in [6.07, 6.45) is -1.54. The Kier molecular flexibility index (Phi) is 6.89. The second kappa shape index (κ2) is 10.3. The Balaban J connectivity index is 1.33. The minimum absolute atomic E-state index is 0.0681. The summed E-state index contributed by atoms with van der Waals surface area (Å²) in [5.41, 5.74) is -0.185. The van der Waals surface area contributed by atoms with Crippen LogP contribution in [0.25, 0.3) is 11.0 Å². The average molecular weight is 529 g/mol. The molecule has 198 valence electrons. The van der Waals surface area contributed by atoms with Crippen molar-refractivity contribution in [2.24, 2.45) is 13.0 Å². The van der Waals surface area contributed by atoms with Crippen molar-refractivity contribution in [3.8, 4) is 11.5 Å². The highest BCUT2D eigenvalue weighted by Crippen LogP contribution is 2.34. The Morgan fingerprint density at radius 3 is 2.61 bits per heavy atom. The number of piperidine rings is 1. The number of ether oxygens (including phenoxy) is 1. The van der Waals surface area contributed by atoms with Crippen LogP contribution < -0.4 is 20.7 Å². The van der Waals surface area contributed by atoms with Crippen molar-refractivity contribution in [3.63, 3.8) is 0 Å². The number of carbonyl (C=O) groups is 1. The Morgan fingerprint density at radius 1 is 1.08 bits per heavy atom. The zero-order chi connectivity index (χ0) is 26.9. The number of aromatic nitrogens is 3. The number of aryl methyl sites for hydroxylation is 1. The topological polar surface area (TPSA) is 93.1 Å². The number of hydrogen-bond acceptors (Lipinski definition) is 6. The highest BCUT2D eigenvalue weighted by Gasteiger charge is 2.31. The molecule has 2 aromatic heterocycles. The number of anilines is 3. The van der Waals surface area contributed by atoms with Crippen molar-refractivity contribution in [2.45, 2.75) is 19.0 Å². The number of benzene rings is 2. The number of hydrogen-bond donors (Lipinski definition) is 3. The van der Waals surface area contributed by atoms with Gasteiger partial charge in [-0.05, 0) is 62.3 Å². The van der Waals surface area contributed by atoms with Crippen LogP contribution in [-0.4, -0.2) is 33.5 Å². The number of alkyl halides is 3. The summed E-state index contributed by atoms with van der Waals surface area (Å²) in [5.74, 6) is 0.427. The van der Waals surface area contributed by atoms with Crippen LogP contribution in [0.3, 0.4) is 0 Å². The van der Waals surface area contributed by atoms with Gasteiger partial charge in [0.2, 0.25) is 11.9 Å². The molecular weight excluding hydrogens is 504 g/mol. The summed E-state index contributed by atoms with van der Waals surface area (Å²) >= 11 is 0. The number of halogens is 4. The van der Waals surface area contributed by atoms with Gasteiger partial charge in [-0.15, -0.1) is 0 Å². The minimum atomic E-state index is -4.61. The summed E-state index contributed by atoms with van der Waals surface area (Å²) < 4.78 is 61.0. The van der Waals surface area contributed by atoms with E-state index in [0.29, 0.717) is 40.5 Å². The van der Waals surface area contributed by atoms with E-state index in [1.807, 2.05) is 0 Å². The van der Waals surface area contributed by atoms with Gasteiger partial charge in [-0.1, -0.05) is 0 Å². The average Bonchev–Trinajstić information content (AvgIpc) is 3.19. The number of nitrogens with one attached hydrogen (secondary N) is 3. The van der Waals surface area contributed by atoms with Gasteiger partial charge in [0, 0.05) is 31.3 Å². The molecule has 38 heavy (non-hydrogen) atoms. The molecule has 0 aliphatic carbocycles. The lowest BCUT2D eigenvalue weighted by atomic mass is 9.97. The van der Waals surface area contributed by atoms with Gasteiger partial charge in [0.05, 0.1) is 22.3 Å². The number of imidazole rings is 1. The second-order valence-corrected chi connectivity index (χ2v) is 8.95. The van der Waals surface area contributed by atoms with Gasteiger partial charge in [0.15, 0.2) is 0 Å². The van der Waals surface area contributed by atoms with Crippen LogP contribution in [0.1, 0.15) is 18.4 Å². The van der Waals surface area contributed by atoms with E-state index in [0.717, 1.165) is 32.0 Å². The smallest absolute Gasteiger partial charge is 0.416 e. The number of amides is 1. The van der Waals surface area contributed by atoms with Crippen molar-refractivity contribution >= 4 is 34.4 Å². The zero-order valence-electron chi connectivity index (χ0n) is 20.3. The molecule has 1 amide bonds. The monoisotopic (exact) mass is 528 g/mol. The molecule has 3 heterocycles. The minimum Gasteiger partial charge on any atom is -0.457 e. The highest BCUT2D eigenvalue weighted by atomic mass is 19.4. The maximum atomic E-state index is 14.2. The first kappa shape index (κ1) is 25.5. The summed E-state index contributed by atoms with van der Waals surface area (Å²) in [6.45, 7) is 1.60. The van der Waals surface area contributed by atoms with E-state index in [4.69, 9.17) is 4.74 Å². The number of fused-ring (bicyclic) bond motifs is 1. The van der Waals surface area contributed by atoms with Crippen LogP contribution in [0.5, 0.6) is 11.5 Å². The maximum absolute atomic E-state index is 14.2. The molecule has 12 heteroatoms. The molecule has 0 atom stereocenters. The molecule has 5 rings (SSSR count). The van der Waals surface area contributed by atoms with Gasteiger partial charge in [-0.25, -0.2) is 14.4 Å². The first-order chi connectivity index (χ1) is 18.2. The van der Waals surface area contributed by atoms with E-state index in [2.05, 4.69) is 25.9 Å². The van der Waals surface area contributed by atoms with Crippen LogP contribution in [-0.2, 0) is 18.0 Å². The van der Waals surface area contributed by atoms with Gasteiger partial charge in [-0.3, -0.25) is 4.79 Å². The number of rotatable bonds is 6. The molecule has 0 spiro atoms. The SMILES string of the molecule is Cn1c(Nc2cc(C(F)(F)F)ccc2F)nc2cc(Oc3ccnc(NC(=O)C4CCNCC4)c3)ccc21. The molecule has 1 saturated heterocycles. The van der Waals surface area contributed by atoms with Gasteiger partial charge in [-0.2, -0.15) is 13.2 Å². The molecule has 1 fully saturated rings. The zero-order valence-corrected chi connectivity index (χ0v) is 20.3. The first-order valence-electron chi connectivity index (χ1n) is 11.9. The lowest BCUT2D eigenvalue weighted by Crippen LogP contribution is -2.34. The van der Waals surface area contributed by atoms with Crippen molar-refractivity contribution in [1.82, 2.24) is 19.9 Å². The summed E-state index contributed by atoms with van der Waals surface area (Å²) in [5, 5.41) is 8.71. The Hall–Kier alpha value is -4.19. The molecule has 0 bridgehead atoms. The predicted octanol–water partition coefficient (Wildman–Crippen LogP) is 5.60. The third kappa shape index (κ3) is 5.54. The van der Waals surface area contributed by atoms with Gasteiger partial charge in [0.1, 0.15) is 23.1 Å². The molecule has 8 nitrogen and oxygen atoms in total. The molecule has 0 unspecified atom stereocenters. The van der Waals surface area contributed by atoms with Gasteiger partial charge in [0.25, 0.3) is 0 Å². The maximum Gasteiger partial charge on any atom is 0.416 e. The van der Waals surface area contributed by atoms with E-state index >= 15 is 0 Å². The first-order valence-corrected chi connectivity index (χ1v) is 11.9. The Morgan fingerprint density at radius 2 is 1.84 bits per heavy atom. The van der Waals surface area contributed by atoms with Gasteiger partial charge < -0.3 is 25.3 Å². The van der Waals surface area contributed by atoms with Crippen LogP contribution in [0.15, 0.2) is 54.7 Å². The predicted molar refractivity (Wildman–Crippen MR) is 134 cm³/mol. The van der Waals surface area contributed by atoms with Crippen molar-refractivity contribution in [3.05, 3.63) is 66.1 Å². The second-order valence-electron chi connectivity index (χ2n) is 8.95. The summed E-state index contributed by atoms with van der Waals surface area (Å²) in [7, 11) is 1.66. The van der Waals surface area contributed by atoms with Crippen LogP contribution in [0.4, 0.5) is 35.0 Å². The van der Waals surface area contributed by atoms with Crippen molar-refractivity contribution in [2.75, 3.05) is 23.7 Å². The fraction of sp³-hybridized carbons (Fsp3) is 0.269. The number of nitrogens with zero attached hydrogens (tertiary/aromatic N) is 3. The number of pyridine rings is 1. The lowest BCUT2D eigenvalue weighted by molar-refractivity contribution is -0.137. The molecule has 4 aromatic rings. The van der Waals surface area contributed by atoms with Crippen LogP contribution >= 0.6 is 0 Å². The largest absolute Gasteiger partial charge is 0.457 e. The molecule has 0 radical (unpaired) electrons. The molecule has 1 aliphatic heterocycles. The summed E-state index contributed by atoms with van der Waals surface area (Å²) in [4.78, 5) is 21.1. The molecule has 3 N–H and O–H groups in total. The fourth-order valence-electron chi connectivity index (χ4n) is 4.26. The molecule has 1 aliphatic rings. The van der Waals surface area contributed by atoms with E-state index in [1.165, 1.54) is 6.20 Å². The third-order valence-electron chi connectivity index (χ3n) is 6.32. The molecule has 0 saturated carbocycles. The van der Waals surface area contributed by atoms with Crippen LogP contribution in [0, 0.1) is 11.7 Å². The number of carbonyl (C=O) groups excluding carboxylic acids is 1. The highest BCUT2D eigenvalue weighted by molar-refractivity contribution is 5.91. The quantitative estimate of drug-likeness (QED) is 0.282. The van der Waals surface area contributed by atoms with Crippen LogP contribution in [0.2, 0.25) is 0 Å². The van der Waals surface area contributed by atoms with E-state index in [9.17, 15) is 22.4 Å². The summed E-state index contributed by atoms with van der Waals surface area (Å²) in [6, 6.07) is 10.5. The Labute approximate surface area is 215 Å². The van der Waals surface area contributed by atoms with Crippen molar-refractivity contribution in [1.29, 1.82) is 0 Å². The molecular formula is C26H24F4N6O2. The van der Waals surface area contributed by atoms with Gasteiger partial charge >= 0.3 is 6.18 Å². The fourth-order valence-corrected chi connectivity index (χ4v) is 4.26.